The van der Waals surface area contributed by atoms with Crippen LogP contribution in [0.1, 0.15) is 103 Å². The molecule has 0 bridgehead atoms. The fourth-order valence-electron chi connectivity index (χ4n) is 7.28. The largest absolute Gasteiger partial charge is 0.481 e. The number of imidazole rings is 2. The zero-order chi connectivity index (χ0) is 40.3. The number of ether oxygens (including phenoxy) is 1. The molecule has 6 rings (SSSR count). The fourth-order valence-corrected chi connectivity index (χ4v) is 7.83. The number of anilines is 2. The normalized spacial score (nSPS) is 15.9. The number of nitrogens with one attached hydrogen (secondary N) is 3. The van der Waals surface area contributed by atoms with Crippen LogP contribution in [0, 0.1) is 0 Å². The van der Waals surface area contributed by atoms with E-state index in [0.717, 1.165) is 42.3 Å². The summed E-state index contributed by atoms with van der Waals surface area (Å²) in [6, 6.07) is 10.4. The molecule has 2 aromatic carbocycles. The number of H-pyrrole nitrogens is 1. The van der Waals surface area contributed by atoms with Gasteiger partial charge in [0.1, 0.15) is 5.60 Å². The van der Waals surface area contributed by atoms with Crippen LogP contribution in [0.3, 0.4) is 0 Å². The molecule has 2 amide bonds. The van der Waals surface area contributed by atoms with Gasteiger partial charge < -0.3 is 30.0 Å². The number of fused-ring (bicyclic) bond motifs is 2. The van der Waals surface area contributed by atoms with E-state index in [0.29, 0.717) is 67.8 Å². The van der Waals surface area contributed by atoms with Crippen LogP contribution in [-0.4, -0.2) is 90.0 Å². The predicted octanol–water partition coefficient (Wildman–Crippen LogP) is 6.89. The van der Waals surface area contributed by atoms with Crippen molar-refractivity contribution < 1.29 is 29.0 Å². The Labute approximate surface area is 335 Å². The first-order valence-corrected chi connectivity index (χ1v) is 19.6. The van der Waals surface area contributed by atoms with Gasteiger partial charge in [-0.2, -0.15) is 0 Å². The Kier molecular flexibility index (Phi) is 12.5. The molecule has 2 aliphatic rings. The first-order chi connectivity index (χ1) is 26.6. The molecule has 14 nitrogen and oxygen atoms in total. The van der Waals surface area contributed by atoms with Gasteiger partial charge in [-0.3, -0.25) is 29.0 Å². The number of halogens is 2. The van der Waals surface area contributed by atoms with Crippen molar-refractivity contribution in [1.29, 1.82) is 0 Å². The van der Waals surface area contributed by atoms with E-state index in [1.54, 1.807) is 36.4 Å². The van der Waals surface area contributed by atoms with Crippen LogP contribution >= 0.6 is 23.2 Å². The van der Waals surface area contributed by atoms with Crippen LogP contribution in [0.25, 0.3) is 11.1 Å². The third-order valence-corrected chi connectivity index (χ3v) is 10.9. The number of rotatable bonds is 13. The first-order valence-electron chi connectivity index (χ1n) is 18.8. The second kappa shape index (κ2) is 17.2. The molecule has 0 aliphatic carbocycles. The molecule has 0 fully saturated rings. The number of hydrogen-bond acceptors (Lipinski definition) is 9. The summed E-state index contributed by atoms with van der Waals surface area (Å²) < 4.78 is 7.24. The molecular formula is C40H48Cl2N8O6. The molecule has 4 aromatic rings. The Balaban J connectivity index is 1.11. The number of carbonyl (C=O) groups excluding carboxylic acids is 3. The van der Waals surface area contributed by atoms with E-state index in [1.165, 1.54) is 0 Å². The SMILES string of the molecule is CC1c2nc(C(=O)Nc3cccc(-c4cccc(NC(=O)c5nc6c(n5C)CCN(CCCC(=O)OC(C)(C)C)C6)c4Cl)c3Cl)[nH]c2CCN1CCCC(=O)O. The number of carboxylic acids is 1. The smallest absolute Gasteiger partial charge is 0.306 e. The lowest BCUT2D eigenvalue weighted by molar-refractivity contribution is -0.155. The average molecular weight is 808 g/mol. The predicted molar refractivity (Wildman–Crippen MR) is 214 cm³/mol. The van der Waals surface area contributed by atoms with Gasteiger partial charge in [0.15, 0.2) is 11.6 Å². The second-order valence-electron chi connectivity index (χ2n) is 15.3. The Morgan fingerprint density at radius 1 is 0.911 bits per heavy atom. The average Bonchev–Trinajstić information content (AvgIpc) is 3.72. The van der Waals surface area contributed by atoms with E-state index in [9.17, 15) is 19.2 Å². The number of aromatic nitrogens is 4. The van der Waals surface area contributed by atoms with E-state index >= 15 is 0 Å². The van der Waals surface area contributed by atoms with Crippen molar-refractivity contribution in [2.24, 2.45) is 7.05 Å². The first kappa shape index (κ1) is 40.9. The summed E-state index contributed by atoms with van der Waals surface area (Å²) in [7, 11) is 1.83. The van der Waals surface area contributed by atoms with Crippen molar-refractivity contribution in [3.8, 4) is 11.1 Å². The Morgan fingerprint density at radius 2 is 1.55 bits per heavy atom. The third-order valence-electron chi connectivity index (χ3n) is 10.1. The molecule has 56 heavy (non-hydrogen) atoms. The molecule has 4 heterocycles. The van der Waals surface area contributed by atoms with Crippen LogP contribution in [0.15, 0.2) is 36.4 Å². The van der Waals surface area contributed by atoms with Gasteiger partial charge in [-0.05, 0) is 65.8 Å². The number of hydrogen-bond donors (Lipinski definition) is 4. The minimum atomic E-state index is -0.822. The zero-order valence-corrected chi connectivity index (χ0v) is 33.8. The highest BCUT2D eigenvalue weighted by Crippen LogP contribution is 2.40. The Morgan fingerprint density at radius 3 is 2.20 bits per heavy atom. The summed E-state index contributed by atoms with van der Waals surface area (Å²) in [5.74, 6) is -1.50. The topological polar surface area (TPSA) is 175 Å². The quantitative estimate of drug-likeness (QED) is 0.104. The Hall–Kier alpha value is -4.76. The van der Waals surface area contributed by atoms with Crippen molar-refractivity contribution in [3.63, 3.8) is 0 Å². The summed E-state index contributed by atoms with van der Waals surface area (Å²) in [6.07, 6.45) is 3.02. The lowest BCUT2D eigenvalue weighted by Gasteiger charge is -2.32. The summed E-state index contributed by atoms with van der Waals surface area (Å²) in [5, 5.41) is 15.3. The number of amides is 2. The molecule has 4 N–H and O–H groups in total. The molecule has 0 radical (unpaired) electrons. The molecule has 2 aliphatic heterocycles. The second-order valence-corrected chi connectivity index (χ2v) is 16.0. The number of aliphatic carboxylic acids is 1. The molecule has 0 saturated carbocycles. The molecule has 298 valence electrons. The highest BCUT2D eigenvalue weighted by Gasteiger charge is 2.30. The lowest BCUT2D eigenvalue weighted by Crippen LogP contribution is -2.35. The molecule has 1 unspecified atom stereocenters. The van der Waals surface area contributed by atoms with Gasteiger partial charge >= 0.3 is 11.9 Å². The molecule has 2 aromatic heterocycles. The molecule has 0 spiro atoms. The van der Waals surface area contributed by atoms with Crippen LogP contribution < -0.4 is 10.6 Å². The molecule has 1 atom stereocenters. The van der Waals surface area contributed by atoms with Crippen molar-refractivity contribution in [1.82, 2.24) is 29.3 Å². The van der Waals surface area contributed by atoms with Gasteiger partial charge in [-0.25, -0.2) is 9.97 Å². The highest BCUT2D eigenvalue weighted by molar-refractivity contribution is 6.40. The van der Waals surface area contributed by atoms with Crippen molar-refractivity contribution in [2.75, 3.05) is 36.8 Å². The van der Waals surface area contributed by atoms with E-state index < -0.39 is 23.4 Å². The van der Waals surface area contributed by atoms with Gasteiger partial charge in [0.2, 0.25) is 0 Å². The number of carbonyl (C=O) groups is 4. The van der Waals surface area contributed by atoms with Crippen molar-refractivity contribution >= 4 is 58.3 Å². The van der Waals surface area contributed by atoms with E-state index in [4.69, 9.17) is 38.0 Å². The fraction of sp³-hybridized carbons (Fsp3) is 0.450. The van der Waals surface area contributed by atoms with E-state index in [1.807, 2.05) is 39.3 Å². The number of carboxylic acid groups (broad SMARTS) is 1. The van der Waals surface area contributed by atoms with Gasteiger partial charge in [0.25, 0.3) is 11.8 Å². The maximum Gasteiger partial charge on any atom is 0.306 e. The van der Waals surface area contributed by atoms with Gasteiger partial charge in [0, 0.05) is 74.9 Å². The lowest BCUT2D eigenvalue weighted by atomic mass is 10.0. The standard InChI is InChI=1S/C40H48Cl2N8O6/c1-23-35-28(16-21-50(23)19-8-14-31(51)52)43-36(47-35)38(54)45-26-12-6-10-24(33(26)41)25-11-7-13-27(34(25)42)46-39(55)37-44-29-22-49(20-17-30(29)48(37)5)18-9-15-32(53)56-40(2,3)4/h6-7,10-13,23H,8-9,14-22H2,1-5H3,(H,43,47)(H,45,54)(H,46,55)(H,51,52). The summed E-state index contributed by atoms with van der Waals surface area (Å²) in [6.45, 7) is 11.0. The maximum absolute atomic E-state index is 13.6. The van der Waals surface area contributed by atoms with Crippen molar-refractivity contribution in [2.45, 2.75) is 84.4 Å². The van der Waals surface area contributed by atoms with Crippen LogP contribution in [-0.2, 0) is 40.8 Å². The van der Waals surface area contributed by atoms with E-state index in [2.05, 4.69) is 30.4 Å². The zero-order valence-electron chi connectivity index (χ0n) is 32.3. The van der Waals surface area contributed by atoms with Crippen LogP contribution in [0.4, 0.5) is 11.4 Å². The molecule has 0 saturated heterocycles. The monoisotopic (exact) mass is 806 g/mol. The minimum absolute atomic E-state index is 0.0752. The number of benzene rings is 2. The number of esters is 1. The van der Waals surface area contributed by atoms with E-state index in [-0.39, 0.29) is 40.1 Å². The number of nitrogens with zero attached hydrogens (tertiary/aromatic N) is 5. The number of aromatic amines is 1. The molecular weight excluding hydrogens is 759 g/mol. The highest BCUT2D eigenvalue weighted by atomic mass is 35.5. The maximum atomic E-state index is 13.6. The van der Waals surface area contributed by atoms with Crippen LogP contribution in [0.2, 0.25) is 10.0 Å². The molecule has 16 heteroatoms. The minimum Gasteiger partial charge on any atom is -0.481 e. The van der Waals surface area contributed by atoms with Gasteiger partial charge in [0.05, 0.1) is 38.8 Å². The third kappa shape index (κ3) is 9.43. The van der Waals surface area contributed by atoms with Gasteiger partial charge in [-0.15, -0.1) is 0 Å². The van der Waals surface area contributed by atoms with Gasteiger partial charge in [-0.1, -0.05) is 47.5 Å². The van der Waals surface area contributed by atoms with Crippen molar-refractivity contribution in [3.05, 3.63) is 80.9 Å². The summed E-state index contributed by atoms with van der Waals surface area (Å²) >= 11 is 13.8. The Bertz CT molecular complexity index is 2140. The van der Waals surface area contributed by atoms with Crippen LogP contribution in [0.5, 0.6) is 0 Å². The summed E-state index contributed by atoms with van der Waals surface area (Å²) in [4.78, 5) is 67.1. The summed E-state index contributed by atoms with van der Waals surface area (Å²) in [5.41, 5.74) is 4.78.